The van der Waals surface area contributed by atoms with Gasteiger partial charge in [0.1, 0.15) is 0 Å². The van der Waals surface area contributed by atoms with Crippen LogP contribution in [-0.2, 0) is 4.79 Å². The highest BCUT2D eigenvalue weighted by atomic mass is 16.2. The summed E-state index contributed by atoms with van der Waals surface area (Å²) in [6.07, 6.45) is 4.27. The van der Waals surface area contributed by atoms with Crippen LogP contribution in [0.25, 0.3) is 0 Å². The fourth-order valence-electron chi connectivity index (χ4n) is 1.96. The van der Waals surface area contributed by atoms with Crippen molar-refractivity contribution in [2.75, 3.05) is 13.1 Å². The molecule has 0 aromatic rings. The Morgan fingerprint density at radius 3 is 2.41 bits per heavy atom. The van der Waals surface area contributed by atoms with Crippen LogP contribution in [0.2, 0.25) is 0 Å². The summed E-state index contributed by atoms with van der Waals surface area (Å²) >= 11 is 0. The van der Waals surface area contributed by atoms with Gasteiger partial charge in [-0.2, -0.15) is 0 Å². The monoisotopic (exact) mass is 240 g/mol. The molecule has 0 heterocycles. The molecule has 0 aromatic heterocycles. The molecule has 0 radical (unpaired) electrons. The number of rotatable bonds is 7. The Bertz CT molecular complexity index is 255. The van der Waals surface area contributed by atoms with E-state index in [1.165, 1.54) is 12.8 Å². The topological polar surface area (TPSA) is 46.3 Å². The first-order valence-electron chi connectivity index (χ1n) is 6.95. The minimum atomic E-state index is -0.362. The van der Waals surface area contributed by atoms with Crippen LogP contribution >= 0.6 is 0 Å². The lowest BCUT2D eigenvalue weighted by Crippen LogP contribution is -2.47. The molecule has 3 heteroatoms. The van der Waals surface area contributed by atoms with Gasteiger partial charge >= 0.3 is 0 Å². The molecule has 1 atom stereocenters. The molecule has 100 valence electrons. The second-order valence-electron chi connectivity index (χ2n) is 6.03. The lowest BCUT2D eigenvalue weighted by atomic mass is 9.85. The minimum absolute atomic E-state index is 0.269. The van der Waals surface area contributed by atoms with Crippen LogP contribution in [-0.4, -0.2) is 29.9 Å². The summed E-state index contributed by atoms with van der Waals surface area (Å²) in [6.45, 7) is 9.82. The van der Waals surface area contributed by atoms with Crippen LogP contribution in [0.15, 0.2) is 0 Å². The molecule has 0 aliphatic heterocycles. The Morgan fingerprint density at radius 2 is 2.06 bits per heavy atom. The van der Waals surface area contributed by atoms with Crippen LogP contribution in [0.4, 0.5) is 0 Å². The average molecular weight is 240 g/mol. The number of nitrogens with two attached hydrogens (primary N) is 1. The summed E-state index contributed by atoms with van der Waals surface area (Å²) < 4.78 is 0. The highest BCUT2D eigenvalue weighted by Crippen LogP contribution is 2.32. The van der Waals surface area contributed by atoms with Gasteiger partial charge in [0, 0.05) is 19.1 Å². The zero-order chi connectivity index (χ0) is 13.1. The second kappa shape index (κ2) is 5.85. The molecule has 1 amide bonds. The summed E-state index contributed by atoms with van der Waals surface area (Å²) in [5.74, 6) is 0.917. The molecule has 1 fully saturated rings. The zero-order valence-electron chi connectivity index (χ0n) is 11.8. The molecule has 1 unspecified atom stereocenters. The van der Waals surface area contributed by atoms with Gasteiger partial charge in [-0.15, -0.1) is 0 Å². The molecule has 1 saturated carbocycles. The predicted octanol–water partition coefficient (Wildman–Crippen LogP) is 2.40. The fourth-order valence-corrected chi connectivity index (χ4v) is 1.96. The quantitative estimate of drug-likeness (QED) is 0.742. The maximum atomic E-state index is 12.6. The number of nitrogens with zero attached hydrogens (tertiary/aromatic N) is 1. The molecule has 3 nitrogen and oxygen atoms in total. The molecule has 1 rings (SSSR count). The standard InChI is InChI=1S/C14H28N2O/c1-5-14(4,10-15)13(17)16(12-6-7-12)9-8-11(2)3/h11-12H,5-10,15H2,1-4H3. The molecule has 1 aliphatic rings. The summed E-state index contributed by atoms with van der Waals surface area (Å²) in [5, 5.41) is 0. The highest BCUT2D eigenvalue weighted by molar-refractivity contribution is 5.83. The van der Waals surface area contributed by atoms with E-state index in [1.807, 2.05) is 6.92 Å². The van der Waals surface area contributed by atoms with E-state index in [0.717, 1.165) is 19.4 Å². The smallest absolute Gasteiger partial charge is 0.230 e. The van der Waals surface area contributed by atoms with Crippen LogP contribution in [0.3, 0.4) is 0 Å². The highest BCUT2D eigenvalue weighted by Gasteiger charge is 2.40. The van der Waals surface area contributed by atoms with Gasteiger partial charge < -0.3 is 10.6 Å². The van der Waals surface area contributed by atoms with Crippen LogP contribution in [0.1, 0.15) is 53.4 Å². The minimum Gasteiger partial charge on any atom is -0.339 e. The average Bonchev–Trinajstić information content (AvgIpc) is 3.12. The normalized spacial score (nSPS) is 19.2. The lowest BCUT2D eigenvalue weighted by molar-refractivity contribution is -0.141. The number of carbonyl (C=O) groups is 1. The van der Waals surface area contributed by atoms with E-state index >= 15 is 0 Å². The van der Waals surface area contributed by atoms with Gasteiger partial charge in [-0.25, -0.2) is 0 Å². The van der Waals surface area contributed by atoms with Gasteiger partial charge in [0.15, 0.2) is 0 Å². The number of carbonyl (C=O) groups excluding carboxylic acids is 1. The Kier molecular flexibility index (Phi) is 4.99. The van der Waals surface area contributed by atoms with E-state index in [9.17, 15) is 4.79 Å². The molecule has 0 bridgehead atoms. The summed E-state index contributed by atoms with van der Waals surface area (Å²) in [7, 11) is 0. The van der Waals surface area contributed by atoms with Gasteiger partial charge in [0.25, 0.3) is 0 Å². The molecule has 0 saturated heterocycles. The molecular weight excluding hydrogens is 212 g/mol. The van der Waals surface area contributed by atoms with Crippen LogP contribution in [0, 0.1) is 11.3 Å². The van der Waals surface area contributed by atoms with Crippen molar-refractivity contribution in [3.63, 3.8) is 0 Å². The molecule has 0 spiro atoms. The van der Waals surface area contributed by atoms with Gasteiger partial charge in [-0.05, 0) is 38.5 Å². The third kappa shape index (κ3) is 3.70. The number of hydrogen-bond donors (Lipinski definition) is 1. The maximum absolute atomic E-state index is 12.6. The van der Waals surface area contributed by atoms with Crippen molar-refractivity contribution >= 4 is 5.91 Å². The van der Waals surface area contributed by atoms with Crippen LogP contribution < -0.4 is 5.73 Å². The van der Waals surface area contributed by atoms with E-state index in [-0.39, 0.29) is 11.3 Å². The summed E-state index contributed by atoms with van der Waals surface area (Å²) in [5.41, 5.74) is 5.42. The van der Waals surface area contributed by atoms with Crippen molar-refractivity contribution in [3.8, 4) is 0 Å². The van der Waals surface area contributed by atoms with Gasteiger partial charge in [-0.1, -0.05) is 20.8 Å². The van der Waals surface area contributed by atoms with E-state index in [4.69, 9.17) is 5.73 Å². The van der Waals surface area contributed by atoms with E-state index in [2.05, 4.69) is 25.7 Å². The molecule has 2 N–H and O–H groups in total. The third-order valence-electron chi connectivity index (χ3n) is 3.94. The predicted molar refractivity (Wildman–Crippen MR) is 71.6 cm³/mol. The van der Waals surface area contributed by atoms with Crippen molar-refractivity contribution in [1.82, 2.24) is 4.90 Å². The first kappa shape index (κ1) is 14.5. The van der Waals surface area contributed by atoms with Crippen molar-refractivity contribution in [3.05, 3.63) is 0 Å². The Morgan fingerprint density at radius 1 is 1.47 bits per heavy atom. The molecule has 17 heavy (non-hydrogen) atoms. The SMILES string of the molecule is CCC(C)(CN)C(=O)N(CCC(C)C)C1CC1. The van der Waals surface area contributed by atoms with Gasteiger partial charge in [-0.3, -0.25) is 4.79 Å². The Hall–Kier alpha value is -0.570. The van der Waals surface area contributed by atoms with E-state index in [0.29, 0.717) is 18.5 Å². The first-order chi connectivity index (χ1) is 7.94. The van der Waals surface area contributed by atoms with Crippen molar-refractivity contribution in [2.24, 2.45) is 17.1 Å². The van der Waals surface area contributed by atoms with Gasteiger partial charge in [0.2, 0.25) is 5.91 Å². The van der Waals surface area contributed by atoms with E-state index in [1.54, 1.807) is 0 Å². The number of hydrogen-bond acceptors (Lipinski definition) is 2. The third-order valence-corrected chi connectivity index (χ3v) is 3.94. The first-order valence-corrected chi connectivity index (χ1v) is 6.95. The van der Waals surface area contributed by atoms with Crippen molar-refractivity contribution < 1.29 is 4.79 Å². The molecule has 0 aromatic carbocycles. The van der Waals surface area contributed by atoms with E-state index < -0.39 is 0 Å². The van der Waals surface area contributed by atoms with Crippen molar-refractivity contribution in [1.29, 1.82) is 0 Å². The summed E-state index contributed by atoms with van der Waals surface area (Å²) in [6, 6.07) is 0.499. The largest absolute Gasteiger partial charge is 0.339 e. The Balaban J connectivity index is 2.66. The second-order valence-corrected chi connectivity index (χ2v) is 6.03. The zero-order valence-corrected chi connectivity index (χ0v) is 11.8. The lowest BCUT2D eigenvalue weighted by Gasteiger charge is -2.33. The van der Waals surface area contributed by atoms with Gasteiger partial charge in [0.05, 0.1) is 5.41 Å². The summed E-state index contributed by atoms with van der Waals surface area (Å²) in [4.78, 5) is 14.7. The molecule has 1 aliphatic carbocycles. The fraction of sp³-hybridized carbons (Fsp3) is 0.929. The number of amides is 1. The van der Waals surface area contributed by atoms with Crippen LogP contribution in [0.5, 0.6) is 0 Å². The molecular formula is C14H28N2O. The Labute approximate surface area is 106 Å². The van der Waals surface area contributed by atoms with Crippen molar-refractivity contribution in [2.45, 2.75) is 59.4 Å². The maximum Gasteiger partial charge on any atom is 0.230 e.